The molecule has 7 nitrogen and oxygen atoms in total. The van der Waals surface area contributed by atoms with E-state index >= 15 is 0 Å². The van der Waals surface area contributed by atoms with Crippen LogP contribution in [0.1, 0.15) is 28.0 Å². The fourth-order valence-corrected chi connectivity index (χ4v) is 2.80. The van der Waals surface area contributed by atoms with Gasteiger partial charge in [-0.2, -0.15) is 4.68 Å². The molecule has 0 unspecified atom stereocenters. The number of carbonyl (C=O) groups is 1. The van der Waals surface area contributed by atoms with Gasteiger partial charge in [-0.05, 0) is 28.6 Å². The van der Waals surface area contributed by atoms with Gasteiger partial charge < -0.3 is 5.73 Å². The summed E-state index contributed by atoms with van der Waals surface area (Å²) >= 11 is 1.41. The van der Waals surface area contributed by atoms with Gasteiger partial charge in [0.05, 0.1) is 16.9 Å². The lowest BCUT2D eigenvalue weighted by atomic mass is 10.2. The molecular formula is C15H14N6OS. The van der Waals surface area contributed by atoms with Crippen molar-refractivity contribution in [3.05, 3.63) is 52.0 Å². The first kappa shape index (κ1) is 15.0. The van der Waals surface area contributed by atoms with E-state index in [1.54, 1.807) is 22.3 Å². The van der Waals surface area contributed by atoms with E-state index in [0.717, 1.165) is 28.5 Å². The lowest BCUT2D eigenvalue weighted by Crippen LogP contribution is -2.09. The number of carbonyl (C=O) groups excluding carboxylic acids is 1. The van der Waals surface area contributed by atoms with E-state index in [2.05, 4.69) is 20.5 Å². The highest BCUT2D eigenvalue weighted by Crippen LogP contribution is 2.23. The van der Waals surface area contributed by atoms with Gasteiger partial charge in [-0.15, -0.1) is 16.4 Å². The molecule has 23 heavy (non-hydrogen) atoms. The Bertz CT molecular complexity index is 866. The summed E-state index contributed by atoms with van der Waals surface area (Å²) in [6.45, 7) is 1.99. The lowest BCUT2D eigenvalue weighted by Gasteiger charge is -2.06. The summed E-state index contributed by atoms with van der Waals surface area (Å²) in [7, 11) is 0. The minimum Gasteiger partial charge on any atom is -0.366 e. The van der Waals surface area contributed by atoms with Crippen LogP contribution in [0.15, 0.2) is 40.7 Å². The third-order valence-corrected chi connectivity index (χ3v) is 4.06. The smallest absolute Gasteiger partial charge is 0.249 e. The van der Waals surface area contributed by atoms with Crippen LogP contribution in [-0.2, 0) is 6.42 Å². The molecule has 0 radical (unpaired) electrons. The summed E-state index contributed by atoms with van der Waals surface area (Å²) in [5.74, 6) is 0.322. The number of nitrogens with zero attached hydrogens (tertiary/aromatic N) is 5. The maximum Gasteiger partial charge on any atom is 0.249 e. The predicted octanol–water partition coefficient (Wildman–Crippen LogP) is 2.14. The second-order valence-electron chi connectivity index (χ2n) is 4.71. The highest BCUT2D eigenvalue weighted by atomic mass is 32.1. The Labute approximate surface area is 136 Å². The number of thiophene rings is 1. The van der Waals surface area contributed by atoms with E-state index < -0.39 is 5.91 Å². The van der Waals surface area contributed by atoms with Crippen LogP contribution in [0.5, 0.6) is 0 Å². The molecule has 2 N–H and O–H groups in total. The van der Waals surface area contributed by atoms with Gasteiger partial charge >= 0.3 is 0 Å². The van der Waals surface area contributed by atoms with Crippen molar-refractivity contribution in [3.63, 3.8) is 0 Å². The summed E-state index contributed by atoms with van der Waals surface area (Å²) in [5.41, 5.74) is 7.28. The SMILES string of the molecule is CCc1nnnn1-c1ccccc1N=Cc1cc(C(N)=O)cs1. The van der Waals surface area contributed by atoms with Crippen molar-refractivity contribution >= 4 is 29.1 Å². The Kier molecular flexibility index (Phi) is 4.24. The first-order valence-corrected chi connectivity index (χ1v) is 7.86. The molecule has 0 atom stereocenters. The lowest BCUT2D eigenvalue weighted by molar-refractivity contribution is 0.100. The van der Waals surface area contributed by atoms with Crippen molar-refractivity contribution in [2.45, 2.75) is 13.3 Å². The molecule has 3 rings (SSSR count). The molecule has 0 aliphatic carbocycles. The fourth-order valence-electron chi connectivity index (χ4n) is 2.05. The highest BCUT2D eigenvalue weighted by Gasteiger charge is 2.10. The summed E-state index contributed by atoms with van der Waals surface area (Å²) in [4.78, 5) is 16.5. The Morgan fingerprint density at radius 2 is 2.26 bits per heavy atom. The van der Waals surface area contributed by atoms with Crippen LogP contribution < -0.4 is 5.73 Å². The number of para-hydroxylation sites is 2. The first-order valence-electron chi connectivity index (χ1n) is 6.98. The minimum absolute atomic E-state index is 0.442. The number of nitrogens with two attached hydrogens (primary N) is 1. The van der Waals surface area contributed by atoms with Crippen molar-refractivity contribution in [3.8, 4) is 5.69 Å². The number of benzene rings is 1. The number of rotatable bonds is 5. The quantitative estimate of drug-likeness (QED) is 0.726. The molecular weight excluding hydrogens is 312 g/mol. The normalized spacial score (nSPS) is 11.2. The Hall–Kier alpha value is -2.87. The number of primary amides is 1. The summed E-state index contributed by atoms with van der Waals surface area (Å²) in [6.07, 6.45) is 2.42. The number of hydrogen-bond donors (Lipinski definition) is 1. The maximum absolute atomic E-state index is 11.1. The zero-order valence-corrected chi connectivity index (χ0v) is 13.2. The van der Waals surface area contributed by atoms with E-state index in [1.807, 2.05) is 31.2 Å². The van der Waals surface area contributed by atoms with Crippen LogP contribution in [0.25, 0.3) is 5.69 Å². The monoisotopic (exact) mass is 326 g/mol. The van der Waals surface area contributed by atoms with Gasteiger partial charge in [-0.3, -0.25) is 9.79 Å². The molecule has 0 bridgehead atoms. The maximum atomic E-state index is 11.1. The minimum atomic E-state index is -0.442. The largest absolute Gasteiger partial charge is 0.366 e. The molecule has 0 spiro atoms. The van der Waals surface area contributed by atoms with Crippen LogP contribution in [-0.4, -0.2) is 32.3 Å². The Morgan fingerprint density at radius 3 is 3.00 bits per heavy atom. The van der Waals surface area contributed by atoms with E-state index in [4.69, 9.17) is 5.73 Å². The van der Waals surface area contributed by atoms with Gasteiger partial charge in [0.25, 0.3) is 0 Å². The Balaban J connectivity index is 1.94. The highest BCUT2D eigenvalue weighted by molar-refractivity contribution is 7.12. The van der Waals surface area contributed by atoms with Crippen molar-refractivity contribution in [1.29, 1.82) is 0 Å². The molecule has 0 aliphatic rings. The van der Waals surface area contributed by atoms with Gasteiger partial charge in [0.15, 0.2) is 5.82 Å². The molecule has 3 aromatic rings. The second kappa shape index (κ2) is 6.49. The van der Waals surface area contributed by atoms with E-state index in [0.29, 0.717) is 5.56 Å². The van der Waals surface area contributed by atoms with E-state index in [-0.39, 0.29) is 0 Å². The van der Waals surface area contributed by atoms with E-state index in [1.165, 1.54) is 11.3 Å². The van der Waals surface area contributed by atoms with Crippen molar-refractivity contribution < 1.29 is 4.79 Å². The van der Waals surface area contributed by atoms with Gasteiger partial charge in [0.1, 0.15) is 0 Å². The predicted molar refractivity (Wildman–Crippen MR) is 88.6 cm³/mol. The number of aryl methyl sites for hydroxylation is 1. The number of tetrazole rings is 1. The van der Waals surface area contributed by atoms with E-state index in [9.17, 15) is 4.79 Å². The molecule has 1 aromatic carbocycles. The average Bonchev–Trinajstić information content (AvgIpc) is 3.22. The van der Waals surface area contributed by atoms with Crippen molar-refractivity contribution in [1.82, 2.24) is 20.2 Å². The van der Waals surface area contributed by atoms with Crippen LogP contribution in [0.3, 0.4) is 0 Å². The standard InChI is InChI=1S/C15H14N6OS/c1-2-14-18-19-20-21(14)13-6-4-3-5-12(13)17-8-11-7-10(9-23-11)15(16)22/h3-9H,2H2,1H3,(H2,16,22). The Morgan fingerprint density at radius 1 is 1.43 bits per heavy atom. The number of amides is 1. The summed E-state index contributed by atoms with van der Waals surface area (Å²) in [6, 6.07) is 9.32. The van der Waals surface area contributed by atoms with Crippen molar-refractivity contribution in [2.75, 3.05) is 0 Å². The molecule has 8 heteroatoms. The number of aliphatic imine (C=N–C) groups is 1. The molecule has 0 saturated heterocycles. The molecule has 0 fully saturated rings. The van der Waals surface area contributed by atoms with Crippen LogP contribution >= 0.6 is 11.3 Å². The first-order chi connectivity index (χ1) is 11.2. The number of aromatic nitrogens is 4. The van der Waals surface area contributed by atoms with Crippen LogP contribution in [0, 0.1) is 0 Å². The zero-order chi connectivity index (χ0) is 16.2. The average molecular weight is 326 g/mol. The fraction of sp³-hybridized carbons (Fsp3) is 0.133. The third kappa shape index (κ3) is 3.16. The van der Waals surface area contributed by atoms with Crippen LogP contribution in [0.2, 0.25) is 0 Å². The van der Waals surface area contributed by atoms with Crippen LogP contribution in [0.4, 0.5) is 5.69 Å². The molecule has 2 aromatic heterocycles. The zero-order valence-electron chi connectivity index (χ0n) is 12.4. The van der Waals surface area contributed by atoms with Gasteiger partial charge in [-0.1, -0.05) is 19.1 Å². The van der Waals surface area contributed by atoms with Gasteiger partial charge in [0, 0.05) is 22.9 Å². The second-order valence-corrected chi connectivity index (χ2v) is 5.65. The van der Waals surface area contributed by atoms with Crippen molar-refractivity contribution in [2.24, 2.45) is 10.7 Å². The third-order valence-electron chi connectivity index (χ3n) is 3.20. The molecule has 116 valence electrons. The molecule has 0 aliphatic heterocycles. The molecule has 2 heterocycles. The number of hydrogen-bond acceptors (Lipinski definition) is 6. The van der Waals surface area contributed by atoms with Gasteiger partial charge in [0.2, 0.25) is 5.91 Å². The van der Waals surface area contributed by atoms with Gasteiger partial charge in [-0.25, -0.2) is 0 Å². The molecule has 1 amide bonds. The summed E-state index contributed by atoms with van der Waals surface area (Å²) < 4.78 is 1.68. The summed E-state index contributed by atoms with van der Waals surface area (Å²) in [5, 5.41) is 13.4. The topological polar surface area (TPSA) is 99.1 Å². The molecule has 0 saturated carbocycles.